The van der Waals surface area contributed by atoms with Gasteiger partial charge in [-0.05, 0) is 37.8 Å². The Bertz CT molecular complexity index is 988. The molecule has 0 aliphatic heterocycles. The van der Waals surface area contributed by atoms with Crippen LogP contribution in [0.2, 0.25) is 0 Å². The van der Waals surface area contributed by atoms with Crippen LogP contribution in [0.3, 0.4) is 0 Å². The zero-order valence-electron chi connectivity index (χ0n) is 16.2. The van der Waals surface area contributed by atoms with Crippen molar-refractivity contribution in [2.24, 2.45) is 0 Å². The fourth-order valence-electron chi connectivity index (χ4n) is 3.96. The largest absolute Gasteiger partial charge is 0.310 e. The fourth-order valence-corrected chi connectivity index (χ4v) is 4.72. The predicted octanol–water partition coefficient (Wildman–Crippen LogP) is 4.19. The average molecular weight is 409 g/mol. The Labute approximate surface area is 173 Å². The first kappa shape index (κ1) is 18.4. The van der Waals surface area contributed by atoms with E-state index in [0.29, 0.717) is 12.0 Å². The Balaban J connectivity index is 1.28. The van der Waals surface area contributed by atoms with E-state index in [4.69, 9.17) is 0 Å². The highest BCUT2D eigenvalue weighted by atomic mass is 32.2. The molecule has 1 aromatic carbocycles. The smallest absolute Gasteiger partial charge is 0.235 e. The number of aromatic nitrogens is 5. The fraction of sp³-hybridized carbons (Fsp3) is 0.429. The maximum absolute atomic E-state index is 12.6. The number of benzene rings is 1. The first-order valence-corrected chi connectivity index (χ1v) is 11.2. The number of anilines is 1. The van der Waals surface area contributed by atoms with Crippen LogP contribution in [0.5, 0.6) is 0 Å². The van der Waals surface area contributed by atoms with Crippen LogP contribution < -0.4 is 5.32 Å². The normalized spacial score (nSPS) is 17.0. The van der Waals surface area contributed by atoms with Crippen LogP contribution >= 0.6 is 11.8 Å². The second-order valence-electron chi connectivity index (χ2n) is 7.72. The van der Waals surface area contributed by atoms with Gasteiger partial charge in [-0.1, -0.05) is 42.8 Å². The summed E-state index contributed by atoms with van der Waals surface area (Å²) in [6.45, 7) is 0. The van der Waals surface area contributed by atoms with Crippen LogP contribution in [-0.2, 0) is 4.79 Å². The second kappa shape index (κ2) is 8.02. The molecule has 0 radical (unpaired) electrons. The lowest BCUT2D eigenvalue weighted by Gasteiger charge is -2.14. The summed E-state index contributed by atoms with van der Waals surface area (Å²) in [4.78, 5) is 12.6. The van der Waals surface area contributed by atoms with E-state index < -0.39 is 0 Å². The molecule has 1 amide bonds. The number of carbonyl (C=O) groups is 1. The summed E-state index contributed by atoms with van der Waals surface area (Å²) in [5.74, 6) is 2.49. The minimum Gasteiger partial charge on any atom is -0.310 e. The maximum atomic E-state index is 12.6. The summed E-state index contributed by atoms with van der Waals surface area (Å²) in [7, 11) is 0. The van der Waals surface area contributed by atoms with E-state index in [1.54, 1.807) is 6.20 Å². The van der Waals surface area contributed by atoms with Gasteiger partial charge < -0.3 is 5.32 Å². The van der Waals surface area contributed by atoms with Gasteiger partial charge >= 0.3 is 0 Å². The van der Waals surface area contributed by atoms with Crippen LogP contribution in [0.4, 0.5) is 5.82 Å². The van der Waals surface area contributed by atoms with Gasteiger partial charge in [-0.25, -0.2) is 4.68 Å². The standard InChI is InChI=1S/C21H24N6OS/c28-19(23-18-12-13-22-27(18)17-8-4-5-9-17)14-29-21-25-24-20(15-10-11-15)26(21)16-6-2-1-3-7-16/h1-3,6-7,12-13,15,17H,4-5,8-11,14H2,(H,23,28). The van der Waals surface area contributed by atoms with Crippen molar-refractivity contribution in [3.05, 3.63) is 48.4 Å². The van der Waals surface area contributed by atoms with E-state index in [9.17, 15) is 4.79 Å². The van der Waals surface area contributed by atoms with Crippen molar-refractivity contribution in [3.8, 4) is 5.69 Å². The molecule has 0 unspecified atom stereocenters. The molecule has 2 aliphatic carbocycles. The zero-order chi connectivity index (χ0) is 19.6. The molecule has 1 N–H and O–H groups in total. The lowest BCUT2D eigenvalue weighted by atomic mass is 10.2. The molecule has 0 saturated heterocycles. The highest BCUT2D eigenvalue weighted by Gasteiger charge is 2.31. The molecule has 2 fully saturated rings. The number of hydrogen-bond acceptors (Lipinski definition) is 5. The molecular weight excluding hydrogens is 384 g/mol. The lowest BCUT2D eigenvalue weighted by molar-refractivity contribution is -0.113. The summed E-state index contributed by atoms with van der Waals surface area (Å²) in [6, 6.07) is 12.4. The Hall–Kier alpha value is -2.61. The van der Waals surface area contributed by atoms with E-state index in [0.717, 1.165) is 48.2 Å². The Morgan fingerprint density at radius 3 is 2.62 bits per heavy atom. The number of carbonyl (C=O) groups excluding carboxylic acids is 1. The molecule has 8 heteroatoms. The Morgan fingerprint density at radius 2 is 1.86 bits per heavy atom. The van der Waals surface area contributed by atoms with Gasteiger partial charge in [0.1, 0.15) is 11.6 Å². The molecular formula is C21H24N6OS. The average Bonchev–Trinajstić information content (AvgIpc) is 3.13. The molecule has 7 nitrogen and oxygen atoms in total. The Morgan fingerprint density at radius 1 is 1.07 bits per heavy atom. The second-order valence-corrected chi connectivity index (χ2v) is 8.66. The number of nitrogens with zero attached hydrogens (tertiary/aromatic N) is 5. The van der Waals surface area contributed by atoms with Gasteiger partial charge in [0.05, 0.1) is 18.0 Å². The van der Waals surface area contributed by atoms with Crippen molar-refractivity contribution < 1.29 is 4.79 Å². The van der Waals surface area contributed by atoms with Crippen molar-refractivity contribution in [1.82, 2.24) is 24.5 Å². The Kier molecular flexibility index (Phi) is 5.10. The van der Waals surface area contributed by atoms with Gasteiger partial charge in [0, 0.05) is 17.7 Å². The summed E-state index contributed by atoms with van der Waals surface area (Å²) < 4.78 is 4.06. The van der Waals surface area contributed by atoms with Gasteiger partial charge in [0.15, 0.2) is 5.16 Å². The number of para-hydroxylation sites is 1. The molecule has 2 aromatic heterocycles. The molecule has 3 aromatic rings. The molecule has 0 bridgehead atoms. The number of amides is 1. The zero-order valence-corrected chi connectivity index (χ0v) is 17.0. The van der Waals surface area contributed by atoms with Gasteiger partial charge in [-0.2, -0.15) is 5.10 Å². The minimum absolute atomic E-state index is 0.0506. The summed E-state index contributed by atoms with van der Waals surface area (Å²) >= 11 is 1.42. The lowest BCUT2D eigenvalue weighted by Crippen LogP contribution is -2.19. The molecule has 2 aliphatic rings. The number of thioether (sulfide) groups is 1. The van der Waals surface area contributed by atoms with Gasteiger partial charge in [0.25, 0.3) is 0 Å². The molecule has 2 saturated carbocycles. The van der Waals surface area contributed by atoms with Gasteiger partial charge in [-0.3, -0.25) is 9.36 Å². The van der Waals surface area contributed by atoms with Gasteiger partial charge in [0.2, 0.25) is 5.91 Å². The maximum Gasteiger partial charge on any atom is 0.235 e. The quantitative estimate of drug-likeness (QED) is 0.593. The van der Waals surface area contributed by atoms with E-state index in [2.05, 4.69) is 37.3 Å². The van der Waals surface area contributed by atoms with Gasteiger partial charge in [-0.15, -0.1) is 10.2 Å². The molecule has 29 heavy (non-hydrogen) atoms. The molecule has 0 spiro atoms. The summed E-state index contributed by atoms with van der Waals surface area (Å²) in [6.07, 6.45) is 8.78. The first-order chi connectivity index (χ1) is 14.3. The SMILES string of the molecule is O=C(CSc1nnc(C2CC2)n1-c1ccccc1)Nc1ccnn1C1CCCC1. The van der Waals surface area contributed by atoms with Crippen molar-refractivity contribution >= 4 is 23.5 Å². The summed E-state index contributed by atoms with van der Waals surface area (Å²) in [5.41, 5.74) is 1.04. The van der Waals surface area contributed by atoms with Crippen molar-refractivity contribution in [2.75, 3.05) is 11.1 Å². The monoisotopic (exact) mass is 408 g/mol. The molecule has 2 heterocycles. The third-order valence-electron chi connectivity index (χ3n) is 5.56. The third kappa shape index (κ3) is 3.94. The van der Waals surface area contributed by atoms with Crippen LogP contribution in [0.15, 0.2) is 47.8 Å². The van der Waals surface area contributed by atoms with E-state index >= 15 is 0 Å². The van der Waals surface area contributed by atoms with Crippen LogP contribution in [0, 0.1) is 0 Å². The minimum atomic E-state index is -0.0506. The van der Waals surface area contributed by atoms with E-state index in [-0.39, 0.29) is 11.7 Å². The van der Waals surface area contributed by atoms with Crippen LogP contribution in [0.1, 0.15) is 56.3 Å². The molecule has 0 atom stereocenters. The van der Waals surface area contributed by atoms with Crippen molar-refractivity contribution in [2.45, 2.75) is 55.6 Å². The summed E-state index contributed by atoms with van der Waals surface area (Å²) in [5, 5.41) is 17.0. The topological polar surface area (TPSA) is 77.6 Å². The van der Waals surface area contributed by atoms with Crippen LogP contribution in [0.25, 0.3) is 5.69 Å². The number of rotatable bonds is 7. The van der Waals surface area contributed by atoms with E-state index in [1.807, 2.05) is 28.9 Å². The van der Waals surface area contributed by atoms with E-state index in [1.165, 1.54) is 24.6 Å². The third-order valence-corrected chi connectivity index (χ3v) is 6.48. The molecule has 5 rings (SSSR count). The highest BCUT2D eigenvalue weighted by Crippen LogP contribution is 2.41. The number of hydrogen-bond donors (Lipinski definition) is 1. The highest BCUT2D eigenvalue weighted by molar-refractivity contribution is 7.99. The molecule has 150 valence electrons. The predicted molar refractivity (Wildman–Crippen MR) is 112 cm³/mol. The van der Waals surface area contributed by atoms with Crippen molar-refractivity contribution in [1.29, 1.82) is 0 Å². The first-order valence-electron chi connectivity index (χ1n) is 10.3. The van der Waals surface area contributed by atoms with Crippen LogP contribution in [-0.4, -0.2) is 36.2 Å². The van der Waals surface area contributed by atoms with Crippen molar-refractivity contribution in [3.63, 3.8) is 0 Å². The number of nitrogens with one attached hydrogen (secondary N) is 1.